The molecule has 1 aliphatic carbocycles. The summed E-state index contributed by atoms with van der Waals surface area (Å²) in [4.78, 5) is 15.3. The molecule has 0 spiro atoms. The first-order valence-electron chi connectivity index (χ1n) is 3.91. The van der Waals surface area contributed by atoms with Crippen LogP contribution >= 0.6 is 15.9 Å². The number of hydrogen-bond acceptors (Lipinski definition) is 2. The van der Waals surface area contributed by atoms with Gasteiger partial charge in [-0.05, 0) is 34.0 Å². The first-order chi connectivity index (χ1) is 5.75. The summed E-state index contributed by atoms with van der Waals surface area (Å²) in [5, 5.41) is 0. The van der Waals surface area contributed by atoms with Crippen molar-refractivity contribution < 1.29 is 4.79 Å². The minimum Gasteiger partial charge on any atom is -0.299 e. The van der Waals surface area contributed by atoms with Gasteiger partial charge in [-0.2, -0.15) is 0 Å². The van der Waals surface area contributed by atoms with Gasteiger partial charge in [-0.1, -0.05) is 0 Å². The fraction of sp³-hybridized carbons (Fsp3) is 0.333. The molecule has 3 heteroatoms. The molecule has 1 heterocycles. The summed E-state index contributed by atoms with van der Waals surface area (Å²) in [6.45, 7) is 0. The number of nitrogens with zero attached hydrogens (tertiary/aromatic N) is 1. The van der Waals surface area contributed by atoms with Gasteiger partial charge in [0.25, 0.3) is 0 Å². The minimum absolute atomic E-state index is 0.322. The smallest absolute Gasteiger partial charge is 0.137 e. The van der Waals surface area contributed by atoms with Crippen molar-refractivity contribution in [1.29, 1.82) is 0 Å². The third kappa shape index (κ3) is 1.41. The quantitative estimate of drug-likeness (QED) is 0.676. The van der Waals surface area contributed by atoms with E-state index in [2.05, 4.69) is 20.9 Å². The molecule has 0 atom stereocenters. The highest BCUT2D eigenvalue weighted by Gasteiger charge is 2.16. The summed E-state index contributed by atoms with van der Waals surface area (Å²) in [5.41, 5.74) is 2.17. The van der Waals surface area contributed by atoms with Crippen LogP contribution in [0.4, 0.5) is 0 Å². The lowest BCUT2D eigenvalue weighted by Crippen LogP contribution is -2.14. The van der Waals surface area contributed by atoms with E-state index < -0.39 is 0 Å². The molecule has 0 saturated carbocycles. The van der Waals surface area contributed by atoms with Gasteiger partial charge in [-0.15, -0.1) is 0 Å². The van der Waals surface area contributed by atoms with E-state index in [4.69, 9.17) is 0 Å². The van der Waals surface area contributed by atoms with Crippen molar-refractivity contribution in [2.75, 3.05) is 0 Å². The number of rotatable bonds is 0. The van der Waals surface area contributed by atoms with Crippen LogP contribution in [0.5, 0.6) is 0 Å². The van der Waals surface area contributed by atoms with Gasteiger partial charge < -0.3 is 0 Å². The van der Waals surface area contributed by atoms with Crippen LogP contribution in [0.25, 0.3) is 0 Å². The van der Waals surface area contributed by atoms with Crippen molar-refractivity contribution in [3.05, 3.63) is 28.0 Å². The Morgan fingerprint density at radius 1 is 1.42 bits per heavy atom. The van der Waals surface area contributed by atoms with Crippen LogP contribution in [0, 0.1) is 0 Å². The number of aryl methyl sites for hydroxylation is 1. The van der Waals surface area contributed by atoms with Crippen molar-refractivity contribution in [2.45, 2.75) is 19.3 Å². The lowest BCUT2D eigenvalue weighted by atomic mass is 9.95. The molecule has 1 aromatic heterocycles. The van der Waals surface area contributed by atoms with Gasteiger partial charge in [0.15, 0.2) is 0 Å². The Morgan fingerprint density at radius 3 is 3.08 bits per heavy atom. The van der Waals surface area contributed by atoms with E-state index in [1.165, 1.54) is 0 Å². The summed E-state index contributed by atoms with van der Waals surface area (Å²) < 4.78 is 0.955. The maximum absolute atomic E-state index is 11.1. The Bertz CT molecular complexity index is 335. The van der Waals surface area contributed by atoms with Crippen molar-refractivity contribution >= 4 is 21.7 Å². The molecule has 0 saturated heterocycles. The monoisotopic (exact) mass is 225 g/mol. The number of hydrogen-bond donors (Lipinski definition) is 0. The molecule has 2 nitrogen and oxygen atoms in total. The fourth-order valence-electron chi connectivity index (χ4n) is 1.45. The zero-order chi connectivity index (χ0) is 8.55. The molecule has 1 aromatic rings. The van der Waals surface area contributed by atoms with Crippen molar-refractivity contribution in [3.63, 3.8) is 0 Å². The van der Waals surface area contributed by atoms with Crippen LogP contribution in [-0.2, 0) is 17.6 Å². The number of aromatic nitrogens is 1. The molecule has 0 bridgehead atoms. The number of carbonyl (C=O) groups is 1. The van der Waals surface area contributed by atoms with Gasteiger partial charge in [-0.25, -0.2) is 0 Å². The predicted molar refractivity (Wildman–Crippen MR) is 49.0 cm³/mol. The lowest BCUT2D eigenvalue weighted by molar-refractivity contribution is -0.118. The summed E-state index contributed by atoms with van der Waals surface area (Å²) >= 11 is 3.34. The van der Waals surface area contributed by atoms with Crippen LogP contribution in [0.2, 0.25) is 0 Å². The van der Waals surface area contributed by atoms with Crippen LogP contribution in [0.1, 0.15) is 17.7 Å². The average molecular weight is 226 g/mol. The molecule has 0 aliphatic heterocycles. The van der Waals surface area contributed by atoms with E-state index in [0.717, 1.165) is 22.2 Å². The highest BCUT2D eigenvalue weighted by Crippen LogP contribution is 2.20. The summed E-state index contributed by atoms with van der Waals surface area (Å²) in [7, 11) is 0. The second kappa shape index (κ2) is 2.98. The van der Waals surface area contributed by atoms with Crippen LogP contribution < -0.4 is 0 Å². The predicted octanol–water partition coefficient (Wildman–Crippen LogP) is 1.90. The number of fused-ring (bicyclic) bond motifs is 1. The highest BCUT2D eigenvalue weighted by molar-refractivity contribution is 9.10. The maximum atomic E-state index is 11.1. The van der Waals surface area contributed by atoms with E-state index >= 15 is 0 Å². The molecule has 12 heavy (non-hydrogen) atoms. The second-order valence-corrected chi connectivity index (χ2v) is 3.89. The molecule has 0 N–H and O–H groups in total. The number of carbonyl (C=O) groups excluding carboxylic acids is 1. The van der Waals surface area contributed by atoms with Crippen LogP contribution in [0.3, 0.4) is 0 Å². The Hall–Kier alpha value is -0.700. The Balaban J connectivity index is 2.44. The second-order valence-electron chi connectivity index (χ2n) is 2.97. The fourth-order valence-corrected chi connectivity index (χ4v) is 1.83. The largest absolute Gasteiger partial charge is 0.299 e. The van der Waals surface area contributed by atoms with E-state index in [9.17, 15) is 4.79 Å². The SMILES string of the molecule is O=C1CCc2ncc(Br)cc2C1. The molecule has 0 radical (unpaired) electrons. The summed E-state index contributed by atoms with van der Waals surface area (Å²) in [6.07, 6.45) is 3.81. The van der Waals surface area contributed by atoms with Gasteiger partial charge in [0, 0.05) is 29.2 Å². The number of pyridine rings is 1. The lowest BCUT2D eigenvalue weighted by Gasteiger charge is -2.13. The van der Waals surface area contributed by atoms with Crippen molar-refractivity contribution in [2.24, 2.45) is 0 Å². The third-order valence-electron chi connectivity index (χ3n) is 2.05. The molecular formula is C9H8BrNO. The number of ketones is 1. The molecule has 0 amide bonds. The minimum atomic E-state index is 0.322. The average Bonchev–Trinajstić information content (AvgIpc) is 2.03. The molecule has 1 aliphatic rings. The third-order valence-corrected chi connectivity index (χ3v) is 2.49. The van der Waals surface area contributed by atoms with E-state index in [-0.39, 0.29) is 0 Å². The molecular weight excluding hydrogens is 218 g/mol. The Morgan fingerprint density at radius 2 is 2.25 bits per heavy atom. The molecule has 2 rings (SSSR count). The molecule has 0 aromatic carbocycles. The number of Topliss-reactive ketones (excluding diaryl/α,β-unsaturated/α-hetero) is 1. The summed E-state index contributed by atoms with van der Waals surface area (Å²) in [5.74, 6) is 0.322. The van der Waals surface area contributed by atoms with Gasteiger partial charge in [0.1, 0.15) is 5.78 Å². The van der Waals surface area contributed by atoms with Gasteiger partial charge in [0.05, 0.1) is 0 Å². The van der Waals surface area contributed by atoms with Gasteiger partial charge >= 0.3 is 0 Å². The molecule has 0 fully saturated rings. The molecule has 0 unspecified atom stereocenters. The van der Waals surface area contributed by atoms with E-state index in [1.807, 2.05) is 6.07 Å². The highest BCUT2D eigenvalue weighted by atomic mass is 79.9. The number of halogens is 1. The zero-order valence-corrected chi connectivity index (χ0v) is 8.10. The normalized spacial score (nSPS) is 15.9. The first-order valence-corrected chi connectivity index (χ1v) is 4.70. The van der Waals surface area contributed by atoms with E-state index in [0.29, 0.717) is 18.6 Å². The van der Waals surface area contributed by atoms with Crippen molar-refractivity contribution in [3.8, 4) is 0 Å². The Labute approximate surface area is 79.1 Å². The van der Waals surface area contributed by atoms with Crippen LogP contribution in [-0.4, -0.2) is 10.8 Å². The Kier molecular flexibility index (Phi) is 1.97. The van der Waals surface area contributed by atoms with Crippen molar-refractivity contribution in [1.82, 2.24) is 4.98 Å². The topological polar surface area (TPSA) is 30.0 Å². The summed E-state index contributed by atoms with van der Waals surface area (Å²) in [6, 6.07) is 1.99. The standard InChI is InChI=1S/C9H8BrNO/c10-7-3-6-4-8(12)1-2-9(6)11-5-7/h3,5H,1-2,4H2. The van der Waals surface area contributed by atoms with Gasteiger partial charge in [0.2, 0.25) is 0 Å². The zero-order valence-electron chi connectivity index (χ0n) is 6.51. The van der Waals surface area contributed by atoms with E-state index in [1.54, 1.807) is 6.20 Å². The van der Waals surface area contributed by atoms with Gasteiger partial charge in [-0.3, -0.25) is 9.78 Å². The first kappa shape index (κ1) is 7.92. The maximum Gasteiger partial charge on any atom is 0.137 e. The molecule has 62 valence electrons. The van der Waals surface area contributed by atoms with Crippen LogP contribution in [0.15, 0.2) is 16.7 Å².